The Hall–Kier alpha value is -0.660. The fourth-order valence-corrected chi connectivity index (χ4v) is 10.8. The van der Waals surface area contributed by atoms with E-state index < -0.39 is 20.9 Å². The summed E-state index contributed by atoms with van der Waals surface area (Å²) in [5.74, 6) is 0.239. The molecule has 4 atom stereocenters. The van der Waals surface area contributed by atoms with E-state index in [0.29, 0.717) is 12.3 Å². The van der Waals surface area contributed by atoms with Crippen molar-refractivity contribution < 1.29 is 17.9 Å². The molecule has 2 bridgehead atoms. The van der Waals surface area contributed by atoms with Crippen molar-refractivity contribution in [2.24, 2.45) is 27.9 Å². The maximum absolute atomic E-state index is 14.5. The van der Waals surface area contributed by atoms with Gasteiger partial charge in [0.05, 0.1) is 11.2 Å². The van der Waals surface area contributed by atoms with Gasteiger partial charge in [-0.2, -0.15) is 4.31 Å². The Morgan fingerprint density at radius 3 is 2.00 bits per heavy atom. The zero-order valence-electron chi connectivity index (χ0n) is 22.7. The van der Waals surface area contributed by atoms with Crippen LogP contribution < -0.4 is 5.73 Å². The van der Waals surface area contributed by atoms with E-state index in [1.54, 1.807) is 0 Å². The van der Waals surface area contributed by atoms with E-state index in [0.717, 1.165) is 70.6 Å². The van der Waals surface area contributed by atoms with Crippen LogP contribution in [0.3, 0.4) is 0 Å². The number of carbonyl (C=O) groups is 1. The summed E-state index contributed by atoms with van der Waals surface area (Å²) in [7, 11) is -3.52. The molecule has 202 valence electrons. The number of fused-ring (bicyclic) bond motifs is 2. The van der Waals surface area contributed by atoms with Crippen LogP contribution in [0.2, 0.25) is 0 Å². The predicted octanol–water partition coefficient (Wildman–Crippen LogP) is 5.40. The molecule has 4 rings (SSSR count). The topological polar surface area (TPSA) is 89.7 Å². The molecule has 4 saturated carbocycles. The number of hydrogen-bond donors (Lipinski definition) is 1. The molecule has 0 aliphatic heterocycles. The van der Waals surface area contributed by atoms with Gasteiger partial charge in [0.2, 0.25) is 10.0 Å². The van der Waals surface area contributed by atoms with Gasteiger partial charge in [0.1, 0.15) is 6.10 Å². The fourth-order valence-electron chi connectivity index (χ4n) is 7.97. The van der Waals surface area contributed by atoms with Crippen molar-refractivity contribution in [3.63, 3.8) is 0 Å². The Bertz CT molecular complexity index is 838. The second-order valence-corrected chi connectivity index (χ2v) is 14.9. The summed E-state index contributed by atoms with van der Waals surface area (Å²) in [6, 6.07) is 0.271. The highest BCUT2D eigenvalue weighted by molar-refractivity contribution is 7.89. The van der Waals surface area contributed by atoms with Crippen molar-refractivity contribution in [2.75, 3.05) is 12.3 Å². The van der Waals surface area contributed by atoms with E-state index in [1.807, 2.05) is 18.2 Å². The van der Waals surface area contributed by atoms with Crippen LogP contribution >= 0.6 is 0 Å². The first-order valence-electron chi connectivity index (χ1n) is 14.4. The standard InChI is InChI=1S/C28H50N2O4S/c1-5-27(4,19-29)25(31)34-24-18-21-16-17-28(24,26(21,2)3)20-35(32,33)30(22-12-8-6-9-13-22)23-14-10-7-11-15-23/h21-24H,5-20,29H2,1-4H3/t21-,24-,27-,28-/m1/s1. The lowest BCUT2D eigenvalue weighted by Gasteiger charge is -2.46. The van der Waals surface area contributed by atoms with Gasteiger partial charge in [-0.1, -0.05) is 59.3 Å². The van der Waals surface area contributed by atoms with Crippen molar-refractivity contribution >= 4 is 16.0 Å². The molecule has 0 saturated heterocycles. The number of hydrogen-bond acceptors (Lipinski definition) is 5. The smallest absolute Gasteiger partial charge is 0.313 e. The molecule has 0 aromatic heterocycles. The van der Waals surface area contributed by atoms with E-state index in [-0.39, 0.29) is 41.9 Å². The largest absolute Gasteiger partial charge is 0.461 e. The van der Waals surface area contributed by atoms with E-state index in [9.17, 15) is 13.2 Å². The Kier molecular flexibility index (Phi) is 8.01. The summed E-state index contributed by atoms with van der Waals surface area (Å²) in [6.07, 6.45) is 13.7. The molecule has 0 radical (unpaired) electrons. The molecule has 4 fully saturated rings. The molecule has 35 heavy (non-hydrogen) atoms. The maximum atomic E-state index is 14.5. The van der Waals surface area contributed by atoms with Gasteiger partial charge in [-0.05, 0) is 69.6 Å². The molecular weight excluding hydrogens is 460 g/mol. The molecular formula is C28H50N2O4S. The van der Waals surface area contributed by atoms with Crippen molar-refractivity contribution in [1.29, 1.82) is 0 Å². The maximum Gasteiger partial charge on any atom is 0.313 e. The van der Waals surface area contributed by atoms with Crippen LogP contribution in [-0.2, 0) is 19.6 Å². The van der Waals surface area contributed by atoms with Gasteiger partial charge in [0.15, 0.2) is 0 Å². The third-order valence-corrected chi connectivity index (χ3v) is 13.1. The first-order valence-corrected chi connectivity index (χ1v) is 16.0. The Morgan fingerprint density at radius 2 is 1.54 bits per heavy atom. The molecule has 6 nitrogen and oxygen atoms in total. The van der Waals surface area contributed by atoms with Crippen LogP contribution in [0.15, 0.2) is 0 Å². The monoisotopic (exact) mass is 510 g/mol. The summed E-state index contributed by atoms with van der Waals surface area (Å²) in [4.78, 5) is 13.2. The highest BCUT2D eigenvalue weighted by Gasteiger charge is 2.67. The van der Waals surface area contributed by atoms with Crippen LogP contribution in [0.4, 0.5) is 0 Å². The van der Waals surface area contributed by atoms with Crippen LogP contribution in [0.5, 0.6) is 0 Å². The normalized spacial score (nSPS) is 33.7. The third-order valence-electron chi connectivity index (χ3n) is 11.0. The minimum absolute atomic E-state index is 0.111. The summed E-state index contributed by atoms with van der Waals surface area (Å²) in [5, 5.41) is 0. The van der Waals surface area contributed by atoms with Crippen LogP contribution in [-0.4, -0.2) is 49.2 Å². The molecule has 0 amide bonds. The highest BCUT2D eigenvalue weighted by atomic mass is 32.2. The average Bonchev–Trinajstić information content (AvgIpc) is 3.19. The number of sulfonamides is 1. The summed E-state index contributed by atoms with van der Waals surface area (Å²) < 4.78 is 37.2. The molecule has 0 aromatic rings. The molecule has 4 aliphatic carbocycles. The molecule has 0 aromatic carbocycles. The van der Waals surface area contributed by atoms with Crippen LogP contribution in [0.1, 0.15) is 118 Å². The van der Waals surface area contributed by atoms with Gasteiger partial charge < -0.3 is 10.5 Å². The van der Waals surface area contributed by atoms with Crippen molar-refractivity contribution in [1.82, 2.24) is 4.31 Å². The Balaban J connectivity index is 1.64. The van der Waals surface area contributed by atoms with Gasteiger partial charge in [0, 0.05) is 24.0 Å². The second kappa shape index (κ2) is 10.2. The minimum Gasteiger partial charge on any atom is -0.461 e. The van der Waals surface area contributed by atoms with Gasteiger partial charge in [-0.25, -0.2) is 8.42 Å². The van der Waals surface area contributed by atoms with E-state index >= 15 is 0 Å². The Labute approximate surface area is 214 Å². The fraction of sp³-hybridized carbons (Fsp3) is 0.964. The number of nitrogens with two attached hydrogens (primary N) is 1. The number of carbonyl (C=O) groups excluding carboxylic acids is 1. The van der Waals surface area contributed by atoms with E-state index in [2.05, 4.69) is 13.8 Å². The summed E-state index contributed by atoms with van der Waals surface area (Å²) >= 11 is 0. The molecule has 4 aliphatic rings. The predicted molar refractivity (Wildman–Crippen MR) is 140 cm³/mol. The van der Waals surface area contributed by atoms with Gasteiger partial charge in [-0.3, -0.25) is 4.79 Å². The zero-order chi connectivity index (χ0) is 25.5. The quantitative estimate of drug-likeness (QED) is 0.420. The molecule has 0 unspecified atom stereocenters. The lowest BCUT2D eigenvalue weighted by atomic mass is 9.69. The van der Waals surface area contributed by atoms with Crippen molar-refractivity contribution in [3.8, 4) is 0 Å². The number of nitrogens with zero attached hydrogens (tertiary/aromatic N) is 1. The van der Waals surface area contributed by atoms with E-state index in [4.69, 9.17) is 10.5 Å². The number of esters is 1. The lowest BCUT2D eigenvalue weighted by Crippen LogP contribution is -2.55. The zero-order valence-corrected chi connectivity index (χ0v) is 23.5. The van der Waals surface area contributed by atoms with Crippen molar-refractivity contribution in [2.45, 2.75) is 136 Å². The molecule has 0 heterocycles. The summed E-state index contributed by atoms with van der Waals surface area (Å²) in [5.41, 5.74) is 4.53. The SMILES string of the molecule is CC[C@](C)(CN)C(=O)O[C@@H]1C[C@H]2CC[C@]1(CS(=O)(=O)N(C1CCCCC1)C1CCCCC1)C2(C)C. The van der Waals surface area contributed by atoms with Crippen LogP contribution in [0, 0.1) is 22.2 Å². The molecule has 0 spiro atoms. The molecule has 7 heteroatoms. The van der Waals surface area contributed by atoms with Gasteiger partial charge >= 0.3 is 5.97 Å². The number of ether oxygens (including phenoxy) is 1. The third kappa shape index (κ3) is 4.83. The highest BCUT2D eigenvalue weighted by Crippen LogP contribution is 2.67. The minimum atomic E-state index is -3.52. The average molecular weight is 511 g/mol. The summed E-state index contributed by atoms with van der Waals surface area (Å²) in [6.45, 7) is 8.52. The first kappa shape index (κ1) is 27.4. The number of rotatable bonds is 9. The Morgan fingerprint density at radius 1 is 1.00 bits per heavy atom. The first-order chi connectivity index (χ1) is 16.5. The van der Waals surface area contributed by atoms with E-state index in [1.165, 1.54) is 12.8 Å². The van der Waals surface area contributed by atoms with Crippen molar-refractivity contribution in [3.05, 3.63) is 0 Å². The molecule has 2 N–H and O–H groups in total. The van der Waals surface area contributed by atoms with Crippen LogP contribution in [0.25, 0.3) is 0 Å². The van der Waals surface area contributed by atoms with Gasteiger partial charge in [0.25, 0.3) is 0 Å². The second-order valence-electron chi connectivity index (χ2n) is 13.0. The lowest BCUT2D eigenvalue weighted by molar-refractivity contribution is -0.168. The van der Waals surface area contributed by atoms with Gasteiger partial charge in [-0.15, -0.1) is 0 Å².